The molecule has 0 saturated carbocycles. The average Bonchev–Trinajstić information content (AvgIpc) is 2.46. The molecule has 1 N–H and O–H groups in total. The molecule has 2 rings (SSSR count). The van der Waals surface area contributed by atoms with Crippen LogP contribution in [0.4, 0.5) is 0 Å². The number of piperidine rings is 1. The second kappa shape index (κ2) is 6.91. The van der Waals surface area contributed by atoms with Crippen LogP contribution in [0, 0.1) is 5.92 Å². The minimum atomic E-state index is 0.0446. The number of benzene rings is 1. The molecule has 20 heavy (non-hydrogen) atoms. The maximum Gasteiger partial charge on any atom is 0.249 e. The number of nitrogens with zero attached hydrogens (tertiary/aromatic N) is 1. The first-order chi connectivity index (χ1) is 9.60. The molecule has 1 amide bonds. The van der Waals surface area contributed by atoms with Crippen molar-refractivity contribution < 1.29 is 9.90 Å². The first-order valence-corrected chi connectivity index (χ1v) is 7.32. The third-order valence-corrected chi connectivity index (χ3v) is 3.87. The number of likely N-dealkylation sites (tertiary alicyclic amines) is 1. The molecule has 0 spiro atoms. The first-order valence-electron chi connectivity index (χ1n) is 6.94. The molecule has 0 bridgehead atoms. The zero-order valence-electron chi connectivity index (χ0n) is 11.7. The molecule has 1 aromatic rings. The predicted molar refractivity (Wildman–Crippen MR) is 81.5 cm³/mol. The largest absolute Gasteiger partial charge is 0.396 e. The van der Waals surface area contributed by atoms with Gasteiger partial charge >= 0.3 is 0 Å². The molecular weight excluding hydrogens is 274 g/mol. The van der Waals surface area contributed by atoms with Crippen LogP contribution >= 0.6 is 11.6 Å². The Kier molecular flexibility index (Phi) is 5.21. The summed E-state index contributed by atoms with van der Waals surface area (Å²) in [5.74, 6) is 0.259. The minimum Gasteiger partial charge on any atom is -0.396 e. The molecule has 1 saturated heterocycles. The Morgan fingerprint density at radius 3 is 3.05 bits per heavy atom. The molecule has 0 aromatic heterocycles. The number of rotatable bonds is 3. The van der Waals surface area contributed by atoms with E-state index in [4.69, 9.17) is 11.6 Å². The van der Waals surface area contributed by atoms with Crippen LogP contribution in [-0.2, 0) is 4.79 Å². The van der Waals surface area contributed by atoms with Crippen LogP contribution in [0.5, 0.6) is 0 Å². The lowest BCUT2D eigenvalue weighted by atomic mass is 9.98. The topological polar surface area (TPSA) is 40.5 Å². The summed E-state index contributed by atoms with van der Waals surface area (Å²) in [6, 6.07) is 7.45. The Labute approximate surface area is 124 Å². The van der Waals surface area contributed by atoms with Gasteiger partial charge in [-0.25, -0.2) is 0 Å². The van der Waals surface area contributed by atoms with Gasteiger partial charge in [0.25, 0.3) is 0 Å². The monoisotopic (exact) mass is 293 g/mol. The van der Waals surface area contributed by atoms with E-state index in [1.165, 1.54) is 0 Å². The molecule has 1 aliphatic rings. The van der Waals surface area contributed by atoms with Crippen LogP contribution in [-0.4, -0.2) is 35.6 Å². The van der Waals surface area contributed by atoms with E-state index < -0.39 is 0 Å². The van der Waals surface area contributed by atoms with Crippen molar-refractivity contribution in [2.24, 2.45) is 5.92 Å². The number of amides is 1. The molecule has 4 heteroatoms. The highest BCUT2D eigenvalue weighted by Crippen LogP contribution is 2.19. The van der Waals surface area contributed by atoms with Gasteiger partial charge in [0.05, 0.1) is 0 Å². The van der Waals surface area contributed by atoms with E-state index in [0.29, 0.717) is 17.1 Å². The Morgan fingerprint density at radius 2 is 2.35 bits per heavy atom. The van der Waals surface area contributed by atoms with Gasteiger partial charge in [0.2, 0.25) is 5.91 Å². The molecule has 1 fully saturated rings. The van der Waals surface area contributed by atoms with Gasteiger partial charge in [-0.1, -0.05) is 23.7 Å². The molecule has 1 aliphatic heterocycles. The fourth-order valence-electron chi connectivity index (χ4n) is 2.56. The zero-order chi connectivity index (χ0) is 14.5. The SMILES string of the molecule is C/C(=C/c1cccc(Cl)c1)C(=O)N1CCCC(CO)C1. The lowest BCUT2D eigenvalue weighted by molar-refractivity contribution is -0.129. The van der Waals surface area contributed by atoms with Crippen molar-refractivity contribution in [3.63, 3.8) is 0 Å². The number of halogens is 1. The fraction of sp³-hybridized carbons (Fsp3) is 0.438. The predicted octanol–water partition coefficient (Wildman–Crippen LogP) is 2.97. The number of carbonyl (C=O) groups excluding carboxylic acids is 1. The maximum atomic E-state index is 12.4. The molecule has 1 atom stereocenters. The van der Waals surface area contributed by atoms with E-state index in [1.54, 1.807) is 0 Å². The number of hydrogen-bond acceptors (Lipinski definition) is 2. The second-order valence-electron chi connectivity index (χ2n) is 5.32. The van der Waals surface area contributed by atoms with Crippen molar-refractivity contribution in [3.8, 4) is 0 Å². The number of aliphatic hydroxyl groups excluding tert-OH is 1. The fourth-order valence-corrected chi connectivity index (χ4v) is 2.75. The van der Waals surface area contributed by atoms with Crippen LogP contribution in [0.3, 0.4) is 0 Å². The van der Waals surface area contributed by atoms with Gasteiger partial charge in [0, 0.05) is 30.3 Å². The average molecular weight is 294 g/mol. The van der Waals surface area contributed by atoms with Gasteiger partial charge < -0.3 is 10.0 Å². The van der Waals surface area contributed by atoms with Crippen LogP contribution in [0.2, 0.25) is 5.02 Å². The molecule has 1 heterocycles. The van der Waals surface area contributed by atoms with Crippen molar-refractivity contribution in [1.82, 2.24) is 4.90 Å². The summed E-state index contributed by atoms with van der Waals surface area (Å²) in [6.07, 6.45) is 3.81. The summed E-state index contributed by atoms with van der Waals surface area (Å²) >= 11 is 5.94. The normalized spacial score (nSPS) is 20.1. The Morgan fingerprint density at radius 1 is 1.55 bits per heavy atom. The summed E-state index contributed by atoms with van der Waals surface area (Å²) in [4.78, 5) is 14.2. The standard InChI is InChI=1S/C16H20ClNO2/c1-12(8-13-4-2-6-15(17)9-13)16(20)18-7-3-5-14(10-18)11-19/h2,4,6,8-9,14,19H,3,5,7,10-11H2,1H3/b12-8-. The summed E-state index contributed by atoms with van der Waals surface area (Å²) in [7, 11) is 0. The van der Waals surface area contributed by atoms with Crippen molar-refractivity contribution in [1.29, 1.82) is 0 Å². The number of aliphatic hydroxyl groups is 1. The quantitative estimate of drug-likeness (QED) is 0.871. The van der Waals surface area contributed by atoms with Gasteiger partial charge in [-0.05, 0) is 49.5 Å². The van der Waals surface area contributed by atoms with Gasteiger partial charge in [0.1, 0.15) is 0 Å². The summed E-state index contributed by atoms with van der Waals surface area (Å²) < 4.78 is 0. The lowest BCUT2D eigenvalue weighted by Gasteiger charge is -2.32. The molecule has 3 nitrogen and oxygen atoms in total. The van der Waals surface area contributed by atoms with E-state index >= 15 is 0 Å². The molecule has 1 aromatic carbocycles. The summed E-state index contributed by atoms with van der Waals surface area (Å²) in [6.45, 7) is 3.40. The van der Waals surface area contributed by atoms with Gasteiger partial charge in [0.15, 0.2) is 0 Å². The van der Waals surface area contributed by atoms with Crippen LogP contribution in [0.25, 0.3) is 6.08 Å². The van der Waals surface area contributed by atoms with Gasteiger partial charge in [-0.3, -0.25) is 4.79 Å². The van der Waals surface area contributed by atoms with E-state index in [0.717, 1.165) is 24.9 Å². The van der Waals surface area contributed by atoms with Crippen LogP contribution in [0.15, 0.2) is 29.8 Å². The Bertz CT molecular complexity index is 513. The Balaban J connectivity index is 2.08. The third-order valence-electron chi connectivity index (χ3n) is 3.63. The lowest BCUT2D eigenvalue weighted by Crippen LogP contribution is -2.41. The highest BCUT2D eigenvalue weighted by molar-refractivity contribution is 6.30. The molecular formula is C16H20ClNO2. The van der Waals surface area contributed by atoms with E-state index in [1.807, 2.05) is 42.2 Å². The Hall–Kier alpha value is -1.32. The maximum absolute atomic E-state index is 12.4. The van der Waals surface area contributed by atoms with E-state index in [9.17, 15) is 9.90 Å². The zero-order valence-corrected chi connectivity index (χ0v) is 12.4. The van der Waals surface area contributed by atoms with E-state index in [-0.39, 0.29) is 18.4 Å². The van der Waals surface area contributed by atoms with E-state index in [2.05, 4.69) is 0 Å². The molecule has 1 unspecified atom stereocenters. The molecule has 0 aliphatic carbocycles. The third kappa shape index (κ3) is 3.84. The minimum absolute atomic E-state index is 0.0446. The van der Waals surface area contributed by atoms with Crippen LogP contribution in [0.1, 0.15) is 25.3 Å². The molecule has 0 radical (unpaired) electrons. The van der Waals surface area contributed by atoms with Crippen molar-refractivity contribution >= 4 is 23.6 Å². The number of hydrogen-bond donors (Lipinski definition) is 1. The van der Waals surface area contributed by atoms with Gasteiger partial charge in [-0.2, -0.15) is 0 Å². The smallest absolute Gasteiger partial charge is 0.249 e. The van der Waals surface area contributed by atoms with Crippen molar-refractivity contribution in [2.45, 2.75) is 19.8 Å². The number of carbonyl (C=O) groups is 1. The van der Waals surface area contributed by atoms with Crippen LogP contribution < -0.4 is 0 Å². The highest BCUT2D eigenvalue weighted by Gasteiger charge is 2.23. The van der Waals surface area contributed by atoms with Gasteiger partial charge in [-0.15, -0.1) is 0 Å². The molecule has 108 valence electrons. The summed E-state index contributed by atoms with van der Waals surface area (Å²) in [5, 5.41) is 9.89. The highest BCUT2D eigenvalue weighted by atomic mass is 35.5. The van der Waals surface area contributed by atoms with Crippen molar-refractivity contribution in [3.05, 3.63) is 40.4 Å². The first kappa shape index (κ1) is 15.1. The summed E-state index contributed by atoms with van der Waals surface area (Å²) in [5.41, 5.74) is 1.63. The second-order valence-corrected chi connectivity index (χ2v) is 5.76. The van der Waals surface area contributed by atoms with Crippen molar-refractivity contribution in [2.75, 3.05) is 19.7 Å².